The number of aliphatic carboxylic acids is 1. The summed E-state index contributed by atoms with van der Waals surface area (Å²) >= 11 is 0. The maximum absolute atomic E-state index is 13.5. The number of nitrogens with one attached hydrogen (secondary N) is 2. The Balaban J connectivity index is 6.04. The van der Waals surface area contributed by atoms with E-state index in [2.05, 4.69) is 10.6 Å². The molecule has 4 N–H and O–H groups in total. The maximum atomic E-state index is 13.5. The molecule has 2 amide bonds. The second-order valence-electron chi connectivity index (χ2n) is 10.2. The van der Waals surface area contributed by atoms with E-state index in [1.165, 1.54) is 11.8 Å². The highest BCUT2D eigenvalue weighted by atomic mass is 16.4. The zero-order chi connectivity index (χ0) is 24.7. The van der Waals surface area contributed by atoms with Crippen LogP contribution in [0.5, 0.6) is 0 Å². The molecule has 0 rings (SSSR count). The Labute approximate surface area is 187 Å². The minimum atomic E-state index is -1.20. The number of likely N-dealkylation sites (N-methyl/N-ethyl adjacent to an activating group) is 2. The van der Waals surface area contributed by atoms with Crippen LogP contribution < -0.4 is 10.6 Å². The predicted molar refractivity (Wildman–Crippen MR) is 123 cm³/mol. The van der Waals surface area contributed by atoms with E-state index in [1.54, 1.807) is 20.2 Å². The third kappa shape index (κ3) is 7.92. The zero-order valence-electron chi connectivity index (χ0n) is 20.9. The number of hydrogen-bond donors (Lipinski definition) is 4. The third-order valence-electron chi connectivity index (χ3n) is 5.56. The van der Waals surface area contributed by atoms with Crippen molar-refractivity contribution in [2.24, 2.45) is 17.3 Å². The molecule has 0 radical (unpaired) electrons. The van der Waals surface area contributed by atoms with Crippen molar-refractivity contribution in [2.75, 3.05) is 20.7 Å². The molecule has 180 valence electrons. The van der Waals surface area contributed by atoms with Gasteiger partial charge in [0.2, 0.25) is 11.8 Å². The first-order chi connectivity index (χ1) is 14.0. The van der Waals surface area contributed by atoms with Crippen molar-refractivity contribution in [1.29, 1.82) is 0 Å². The van der Waals surface area contributed by atoms with Gasteiger partial charge >= 0.3 is 5.97 Å². The van der Waals surface area contributed by atoms with E-state index in [0.29, 0.717) is 6.42 Å². The smallest absolute Gasteiger partial charge is 0.331 e. The van der Waals surface area contributed by atoms with Crippen molar-refractivity contribution in [1.82, 2.24) is 15.5 Å². The Bertz CT molecular complexity index is 661. The normalized spacial score (nSPS) is 16.6. The van der Waals surface area contributed by atoms with E-state index in [4.69, 9.17) is 0 Å². The molecule has 8 heteroatoms. The highest BCUT2D eigenvalue weighted by Crippen LogP contribution is 2.25. The Morgan fingerprint density at radius 3 is 1.94 bits per heavy atom. The van der Waals surface area contributed by atoms with E-state index in [-0.39, 0.29) is 23.3 Å². The molecule has 2 unspecified atom stereocenters. The Hall–Kier alpha value is -1.93. The van der Waals surface area contributed by atoms with Gasteiger partial charge in [-0.1, -0.05) is 54.5 Å². The van der Waals surface area contributed by atoms with Crippen molar-refractivity contribution in [3.05, 3.63) is 11.6 Å². The van der Waals surface area contributed by atoms with Gasteiger partial charge in [0.05, 0.1) is 12.6 Å². The molecular formula is C23H43N3O5. The van der Waals surface area contributed by atoms with E-state index in [1.807, 2.05) is 48.5 Å². The minimum absolute atomic E-state index is 0.0330. The third-order valence-corrected chi connectivity index (χ3v) is 5.56. The molecule has 0 fully saturated rings. The van der Waals surface area contributed by atoms with Gasteiger partial charge in [-0.05, 0) is 37.6 Å². The molecule has 0 bridgehead atoms. The first-order valence-electron chi connectivity index (χ1n) is 10.8. The lowest BCUT2D eigenvalue weighted by Crippen LogP contribution is -2.64. The molecule has 0 heterocycles. The summed E-state index contributed by atoms with van der Waals surface area (Å²) in [7, 11) is 3.24. The minimum Gasteiger partial charge on any atom is -0.478 e. The van der Waals surface area contributed by atoms with Crippen LogP contribution >= 0.6 is 0 Å². The van der Waals surface area contributed by atoms with Gasteiger partial charge in [0.1, 0.15) is 11.6 Å². The first kappa shape index (κ1) is 29.1. The van der Waals surface area contributed by atoms with Crippen molar-refractivity contribution in [3.63, 3.8) is 0 Å². The molecule has 0 saturated heterocycles. The fourth-order valence-electron chi connectivity index (χ4n) is 3.57. The molecule has 0 aliphatic carbocycles. The largest absolute Gasteiger partial charge is 0.478 e. The Morgan fingerprint density at radius 1 is 1.10 bits per heavy atom. The summed E-state index contributed by atoms with van der Waals surface area (Å²) in [5.74, 6) is -1.68. The summed E-state index contributed by atoms with van der Waals surface area (Å²) in [4.78, 5) is 39.5. The SMILES string of the molecule is CNC(CO)(CC(C)C)C(=O)NC(C(=O)N(C)[C@H](/C=C(\C)C(=O)O)C(C)C)C(C)(C)C. The summed E-state index contributed by atoms with van der Waals surface area (Å²) in [6.45, 7) is 14.4. The second kappa shape index (κ2) is 11.6. The van der Waals surface area contributed by atoms with Crippen LogP contribution in [0.2, 0.25) is 0 Å². The summed E-state index contributed by atoms with van der Waals surface area (Å²) in [6.07, 6.45) is 1.97. The number of carbonyl (C=O) groups excluding carboxylic acids is 2. The van der Waals surface area contributed by atoms with Crippen LogP contribution in [0.1, 0.15) is 61.8 Å². The van der Waals surface area contributed by atoms with Crippen LogP contribution in [0.25, 0.3) is 0 Å². The van der Waals surface area contributed by atoms with E-state index in [9.17, 15) is 24.6 Å². The molecular weight excluding hydrogens is 398 g/mol. The zero-order valence-corrected chi connectivity index (χ0v) is 20.9. The topological polar surface area (TPSA) is 119 Å². The average Bonchev–Trinajstić information content (AvgIpc) is 2.65. The molecule has 0 saturated carbocycles. The van der Waals surface area contributed by atoms with Crippen LogP contribution in [-0.2, 0) is 14.4 Å². The predicted octanol–water partition coefficient (Wildman–Crippen LogP) is 2.03. The fourth-order valence-corrected chi connectivity index (χ4v) is 3.57. The lowest BCUT2D eigenvalue weighted by atomic mass is 9.83. The monoisotopic (exact) mass is 441 g/mol. The molecule has 0 aromatic heterocycles. The lowest BCUT2D eigenvalue weighted by Gasteiger charge is -2.40. The number of rotatable bonds is 11. The molecule has 3 atom stereocenters. The summed E-state index contributed by atoms with van der Waals surface area (Å²) < 4.78 is 0. The van der Waals surface area contributed by atoms with Crippen molar-refractivity contribution < 1.29 is 24.6 Å². The number of carbonyl (C=O) groups is 3. The summed E-state index contributed by atoms with van der Waals surface area (Å²) in [6, 6.07) is -1.32. The molecule has 0 aliphatic rings. The maximum Gasteiger partial charge on any atom is 0.331 e. The first-order valence-corrected chi connectivity index (χ1v) is 10.8. The van der Waals surface area contributed by atoms with Crippen LogP contribution in [0.4, 0.5) is 0 Å². The van der Waals surface area contributed by atoms with Crippen LogP contribution in [0.3, 0.4) is 0 Å². The van der Waals surface area contributed by atoms with Crippen molar-refractivity contribution in [3.8, 4) is 0 Å². The lowest BCUT2D eigenvalue weighted by molar-refractivity contribution is -0.142. The highest BCUT2D eigenvalue weighted by molar-refractivity contribution is 5.93. The fraction of sp³-hybridized carbons (Fsp3) is 0.783. The summed E-state index contributed by atoms with van der Waals surface area (Å²) in [5.41, 5.74) is -1.66. The van der Waals surface area contributed by atoms with Crippen molar-refractivity contribution >= 4 is 17.8 Å². The van der Waals surface area contributed by atoms with Gasteiger partial charge in [-0.15, -0.1) is 0 Å². The Morgan fingerprint density at radius 2 is 1.61 bits per heavy atom. The van der Waals surface area contributed by atoms with Gasteiger partial charge in [0, 0.05) is 12.6 Å². The molecule has 0 aliphatic heterocycles. The van der Waals surface area contributed by atoms with Crippen LogP contribution in [0.15, 0.2) is 11.6 Å². The molecule has 31 heavy (non-hydrogen) atoms. The molecule has 0 aromatic carbocycles. The quantitative estimate of drug-likeness (QED) is 0.364. The van der Waals surface area contributed by atoms with E-state index >= 15 is 0 Å². The average molecular weight is 442 g/mol. The number of carboxylic acids is 1. The Kier molecular flexibility index (Phi) is 10.9. The second-order valence-corrected chi connectivity index (χ2v) is 10.2. The standard InChI is InChI=1S/C23H43N3O5/c1-14(2)12-23(13-27,24-9)21(31)25-18(22(6,7)8)19(28)26(10)17(15(3)4)11-16(5)20(29)30/h11,14-15,17-18,24,27H,12-13H2,1-10H3,(H,25,31)(H,29,30)/b16-11+/t17-,18?,23?/m1/s1. The highest BCUT2D eigenvalue weighted by Gasteiger charge is 2.43. The van der Waals surface area contributed by atoms with Crippen LogP contribution in [0, 0.1) is 17.3 Å². The number of carboxylic acid groups (broad SMARTS) is 1. The number of aliphatic hydroxyl groups is 1. The van der Waals surface area contributed by atoms with Crippen molar-refractivity contribution in [2.45, 2.75) is 79.4 Å². The number of amides is 2. The summed E-state index contributed by atoms with van der Waals surface area (Å²) in [5, 5.41) is 25.0. The van der Waals surface area contributed by atoms with Crippen LogP contribution in [-0.4, -0.2) is 71.2 Å². The van der Waals surface area contributed by atoms with Gasteiger partial charge in [-0.3, -0.25) is 9.59 Å². The van der Waals surface area contributed by atoms with Gasteiger partial charge in [-0.25, -0.2) is 4.79 Å². The number of hydrogen-bond acceptors (Lipinski definition) is 5. The number of nitrogens with zero attached hydrogens (tertiary/aromatic N) is 1. The van der Waals surface area contributed by atoms with E-state index < -0.39 is 41.5 Å². The molecule has 0 spiro atoms. The molecule has 8 nitrogen and oxygen atoms in total. The van der Waals surface area contributed by atoms with Gasteiger partial charge in [0.25, 0.3) is 0 Å². The van der Waals surface area contributed by atoms with Gasteiger partial charge in [0.15, 0.2) is 0 Å². The van der Waals surface area contributed by atoms with Gasteiger partial charge < -0.3 is 25.7 Å². The molecule has 0 aromatic rings. The van der Waals surface area contributed by atoms with Gasteiger partial charge in [-0.2, -0.15) is 0 Å². The van der Waals surface area contributed by atoms with E-state index in [0.717, 1.165) is 0 Å². The number of aliphatic hydroxyl groups excluding tert-OH is 1.